The predicted octanol–water partition coefficient (Wildman–Crippen LogP) is 0.528. The molecule has 0 aromatic heterocycles. The number of rotatable bonds is 8. The van der Waals surface area contributed by atoms with E-state index in [2.05, 4.69) is 17.4 Å². The largest absolute Gasteiger partial charge is 0.409 e. The molecule has 0 fully saturated rings. The van der Waals surface area contributed by atoms with E-state index in [1.54, 1.807) is 0 Å². The van der Waals surface area contributed by atoms with Gasteiger partial charge in [-0.2, -0.15) is 0 Å². The molecule has 0 heterocycles. The second kappa shape index (κ2) is 8.77. The van der Waals surface area contributed by atoms with Gasteiger partial charge in [0.15, 0.2) is 5.84 Å². The molecular weight excluding hydrogens is 182 g/mol. The summed E-state index contributed by atoms with van der Waals surface area (Å²) in [5.74, 6) is 0.208. The minimum Gasteiger partial charge on any atom is -0.409 e. The molecule has 0 aliphatic rings. The van der Waals surface area contributed by atoms with Crippen molar-refractivity contribution in [1.82, 2.24) is 5.32 Å². The SMILES string of the molecule is CCCOCCCNC(C)C(N)=NO. The van der Waals surface area contributed by atoms with Crippen LogP contribution in [0.5, 0.6) is 0 Å². The van der Waals surface area contributed by atoms with Crippen LogP contribution in [-0.4, -0.2) is 36.8 Å². The van der Waals surface area contributed by atoms with Gasteiger partial charge < -0.3 is 21.0 Å². The van der Waals surface area contributed by atoms with Gasteiger partial charge in [-0.25, -0.2) is 0 Å². The summed E-state index contributed by atoms with van der Waals surface area (Å²) in [5.41, 5.74) is 5.39. The van der Waals surface area contributed by atoms with E-state index in [9.17, 15) is 0 Å². The molecular formula is C9H21N3O2. The fraction of sp³-hybridized carbons (Fsp3) is 0.889. The highest BCUT2D eigenvalue weighted by Gasteiger charge is 2.04. The lowest BCUT2D eigenvalue weighted by molar-refractivity contribution is 0.132. The maximum absolute atomic E-state index is 8.38. The summed E-state index contributed by atoms with van der Waals surface area (Å²) in [7, 11) is 0. The first-order valence-corrected chi connectivity index (χ1v) is 5.00. The molecule has 0 aliphatic heterocycles. The summed E-state index contributed by atoms with van der Waals surface area (Å²) in [6.45, 7) is 6.31. The highest BCUT2D eigenvalue weighted by molar-refractivity contribution is 5.84. The standard InChI is InChI=1S/C9H21N3O2/c1-3-6-14-7-4-5-11-8(2)9(10)12-13/h8,11,13H,3-7H2,1-2H3,(H2,10,12). The van der Waals surface area contributed by atoms with Crippen LogP contribution in [0.15, 0.2) is 5.16 Å². The molecule has 1 atom stereocenters. The van der Waals surface area contributed by atoms with E-state index < -0.39 is 0 Å². The molecule has 5 nitrogen and oxygen atoms in total. The van der Waals surface area contributed by atoms with E-state index in [1.807, 2.05) is 6.92 Å². The first kappa shape index (κ1) is 13.2. The van der Waals surface area contributed by atoms with Gasteiger partial charge in [0.25, 0.3) is 0 Å². The molecule has 0 aromatic carbocycles. The zero-order valence-electron chi connectivity index (χ0n) is 8.99. The van der Waals surface area contributed by atoms with E-state index in [0.29, 0.717) is 0 Å². The Balaban J connectivity index is 3.27. The molecule has 0 radical (unpaired) electrons. The van der Waals surface area contributed by atoms with Crippen molar-refractivity contribution in [2.45, 2.75) is 32.7 Å². The number of ether oxygens (including phenoxy) is 1. The summed E-state index contributed by atoms with van der Waals surface area (Å²) in [5, 5.41) is 14.4. The van der Waals surface area contributed by atoms with Crippen LogP contribution in [0.3, 0.4) is 0 Å². The molecule has 0 spiro atoms. The van der Waals surface area contributed by atoms with Crippen LogP contribution in [0.25, 0.3) is 0 Å². The van der Waals surface area contributed by atoms with Crippen LogP contribution in [0.1, 0.15) is 26.7 Å². The van der Waals surface area contributed by atoms with Crippen LogP contribution >= 0.6 is 0 Å². The fourth-order valence-corrected chi connectivity index (χ4v) is 0.930. The number of oxime groups is 1. The zero-order chi connectivity index (χ0) is 10.8. The smallest absolute Gasteiger partial charge is 0.156 e. The molecule has 1 unspecified atom stereocenters. The molecule has 0 amide bonds. The molecule has 14 heavy (non-hydrogen) atoms. The monoisotopic (exact) mass is 203 g/mol. The average molecular weight is 203 g/mol. The molecule has 4 N–H and O–H groups in total. The van der Waals surface area contributed by atoms with E-state index in [4.69, 9.17) is 15.7 Å². The minimum atomic E-state index is -0.0915. The molecule has 0 aromatic rings. The Morgan fingerprint density at radius 3 is 2.86 bits per heavy atom. The first-order chi connectivity index (χ1) is 6.72. The highest BCUT2D eigenvalue weighted by atomic mass is 16.5. The van der Waals surface area contributed by atoms with Crippen LogP contribution in [0.4, 0.5) is 0 Å². The van der Waals surface area contributed by atoms with Crippen LogP contribution in [-0.2, 0) is 4.74 Å². The number of nitrogens with two attached hydrogens (primary N) is 1. The number of hydrogen-bond acceptors (Lipinski definition) is 4. The lowest BCUT2D eigenvalue weighted by atomic mass is 10.3. The quantitative estimate of drug-likeness (QED) is 0.177. The van der Waals surface area contributed by atoms with Gasteiger partial charge in [-0.3, -0.25) is 0 Å². The normalized spacial score (nSPS) is 14.3. The van der Waals surface area contributed by atoms with Crippen molar-refractivity contribution in [1.29, 1.82) is 0 Å². The Morgan fingerprint density at radius 2 is 2.29 bits per heavy atom. The Kier molecular flexibility index (Phi) is 8.27. The lowest BCUT2D eigenvalue weighted by Crippen LogP contribution is -2.39. The molecule has 5 heteroatoms. The van der Waals surface area contributed by atoms with Crippen molar-refractivity contribution in [2.75, 3.05) is 19.8 Å². The summed E-state index contributed by atoms with van der Waals surface area (Å²) in [6, 6.07) is -0.0915. The summed E-state index contributed by atoms with van der Waals surface area (Å²) in [4.78, 5) is 0. The van der Waals surface area contributed by atoms with Gasteiger partial charge in [0.1, 0.15) is 0 Å². The van der Waals surface area contributed by atoms with Gasteiger partial charge in [-0.05, 0) is 26.3 Å². The van der Waals surface area contributed by atoms with Crippen molar-refractivity contribution in [2.24, 2.45) is 10.9 Å². The zero-order valence-corrected chi connectivity index (χ0v) is 8.99. The number of amidine groups is 1. The van der Waals surface area contributed by atoms with E-state index in [-0.39, 0.29) is 11.9 Å². The maximum Gasteiger partial charge on any atom is 0.156 e. The molecule has 0 aliphatic carbocycles. The fourth-order valence-electron chi connectivity index (χ4n) is 0.930. The third kappa shape index (κ3) is 6.68. The van der Waals surface area contributed by atoms with E-state index >= 15 is 0 Å². The maximum atomic E-state index is 8.38. The second-order valence-electron chi connectivity index (χ2n) is 3.17. The first-order valence-electron chi connectivity index (χ1n) is 5.00. The van der Waals surface area contributed by atoms with Crippen molar-refractivity contribution >= 4 is 5.84 Å². The van der Waals surface area contributed by atoms with Gasteiger partial charge in [-0.1, -0.05) is 12.1 Å². The van der Waals surface area contributed by atoms with Crippen LogP contribution in [0, 0.1) is 0 Å². The summed E-state index contributed by atoms with van der Waals surface area (Å²) >= 11 is 0. The van der Waals surface area contributed by atoms with Crippen LogP contribution < -0.4 is 11.1 Å². The predicted molar refractivity (Wildman–Crippen MR) is 56.6 cm³/mol. The Hall–Kier alpha value is -0.810. The Labute approximate surface area is 85.3 Å². The van der Waals surface area contributed by atoms with Gasteiger partial charge >= 0.3 is 0 Å². The summed E-state index contributed by atoms with van der Waals surface area (Å²) < 4.78 is 5.30. The molecule has 84 valence electrons. The molecule has 0 saturated heterocycles. The van der Waals surface area contributed by atoms with Crippen molar-refractivity contribution < 1.29 is 9.94 Å². The Bertz CT molecular complexity index is 162. The van der Waals surface area contributed by atoms with Gasteiger partial charge in [-0.15, -0.1) is 0 Å². The second-order valence-corrected chi connectivity index (χ2v) is 3.17. The number of nitrogens with one attached hydrogen (secondary N) is 1. The molecule has 0 bridgehead atoms. The van der Waals surface area contributed by atoms with Crippen molar-refractivity contribution in [3.05, 3.63) is 0 Å². The lowest BCUT2D eigenvalue weighted by Gasteiger charge is -2.11. The van der Waals surface area contributed by atoms with E-state index in [1.165, 1.54) is 0 Å². The highest BCUT2D eigenvalue weighted by Crippen LogP contribution is 1.86. The third-order valence-corrected chi connectivity index (χ3v) is 1.82. The van der Waals surface area contributed by atoms with Gasteiger partial charge in [0.05, 0.1) is 6.04 Å². The van der Waals surface area contributed by atoms with Gasteiger partial charge in [0.2, 0.25) is 0 Å². The average Bonchev–Trinajstić information content (AvgIpc) is 2.21. The topological polar surface area (TPSA) is 79.9 Å². The van der Waals surface area contributed by atoms with E-state index in [0.717, 1.165) is 32.6 Å². The minimum absolute atomic E-state index is 0.0915. The molecule has 0 rings (SSSR count). The number of nitrogens with zero attached hydrogens (tertiary/aromatic N) is 1. The van der Waals surface area contributed by atoms with Gasteiger partial charge in [0, 0.05) is 13.2 Å². The van der Waals surface area contributed by atoms with Crippen LogP contribution in [0.2, 0.25) is 0 Å². The summed E-state index contributed by atoms with van der Waals surface area (Å²) in [6.07, 6.45) is 1.98. The Morgan fingerprint density at radius 1 is 1.57 bits per heavy atom. The van der Waals surface area contributed by atoms with Crippen molar-refractivity contribution in [3.63, 3.8) is 0 Å². The third-order valence-electron chi connectivity index (χ3n) is 1.82. The molecule has 0 saturated carbocycles. The van der Waals surface area contributed by atoms with Crippen molar-refractivity contribution in [3.8, 4) is 0 Å². The number of hydrogen-bond donors (Lipinski definition) is 3.